The van der Waals surface area contributed by atoms with Crippen LogP contribution in [0, 0.1) is 16.7 Å². The van der Waals surface area contributed by atoms with Crippen LogP contribution in [0.5, 0.6) is 0 Å². The molecule has 1 unspecified atom stereocenters. The van der Waals surface area contributed by atoms with Gasteiger partial charge in [-0.15, -0.1) is 0 Å². The van der Waals surface area contributed by atoms with Crippen LogP contribution in [-0.4, -0.2) is 206 Å². The number of aliphatic hydroxyl groups is 5. The molecule has 4 heterocycles. The largest absolute Gasteiger partial charge is 0.458 e. The maximum absolute atomic E-state index is 14.1. The van der Waals surface area contributed by atoms with Gasteiger partial charge in [0.2, 0.25) is 0 Å². The van der Waals surface area contributed by atoms with Gasteiger partial charge in [-0.25, -0.2) is 9.59 Å². The summed E-state index contributed by atoms with van der Waals surface area (Å²) in [6, 6.07) is 17.0. The van der Waals surface area contributed by atoms with Gasteiger partial charge >= 0.3 is 11.9 Å². The molecule has 0 radical (unpaired) electrons. The summed E-state index contributed by atoms with van der Waals surface area (Å²) in [6.07, 6.45) is -9.36. The number of methoxy groups -OCH3 is 4. The predicted molar refractivity (Wildman–Crippen MR) is 298 cm³/mol. The minimum absolute atomic E-state index is 0.0361. The topological polar surface area (TPSA) is 265 Å². The van der Waals surface area contributed by atoms with Gasteiger partial charge in [0.15, 0.2) is 25.2 Å². The van der Waals surface area contributed by atoms with Gasteiger partial charge in [0.05, 0.1) is 65.4 Å². The second-order valence-electron chi connectivity index (χ2n) is 25.3. The summed E-state index contributed by atoms with van der Waals surface area (Å²) in [6.45, 7) is 12.7. The fraction of sp³-hybridized carbons (Fsp3) is 0.746. The number of ether oxygens (including phenoxy) is 14. The molecule has 26 atom stereocenters. The van der Waals surface area contributed by atoms with Crippen molar-refractivity contribution in [3.05, 3.63) is 83.4 Å². The van der Waals surface area contributed by atoms with Gasteiger partial charge in [0, 0.05) is 53.6 Å². The van der Waals surface area contributed by atoms with Gasteiger partial charge in [-0.2, -0.15) is 0 Å². The summed E-state index contributed by atoms with van der Waals surface area (Å²) in [7, 11) is 6.24. The number of carbonyl (C=O) groups is 2. The lowest BCUT2D eigenvalue weighted by molar-refractivity contribution is -0.356. The molecule has 2 aromatic rings. The Morgan fingerprint density at radius 2 is 1.11 bits per heavy atom. The van der Waals surface area contributed by atoms with Crippen molar-refractivity contribution in [1.29, 1.82) is 0 Å². The summed E-state index contributed by atoms with van der Waals surface area (Å²) in [5.41, 5.74) is -6.42. The second-order valence-corrected chi connectivity index (χ2v) is 25.3. The molecule has 4 aliphatic carbocycles. The zero-order valence-electron chi connectivity index (χ0n) is 50.3. The Labute approximate surface area is 492 Å². The van der Waals surface area contributed by atoms with Crippen LogP contribution in [0.1, 0.15) is 133 Å². The van der Waals surface area contributed by atoms with E-state index >= 15 is 0 Å². The van der Waals surface area contributed by atoms with Crippen molar-refractivity contribution in [2.75, 3.05) is 28.4 Å². The zero-order chi connectivity index (χ0) is 60.3. The highest BCUT2D eigenvalue weighted by Gasteiger charge is 2.81. The average Bonchev–Trinajstić information content (AvgIpc) is 1.35. The number of carbonyl (C=O) groups excluding carboxylic acids is 2. The first-order chi connectivity index (χ1) is 40.0. The quantitative estimate of drug-likeness (QED) is 0.0972. The molecule has 468 valence electrons. The maximum Gasteiger partial charge on any atom is 0.338 e. The molecule has 4 aliphatic heterocycles. The fourth-order valence-electron chi connectivity index (χ4n) is 15.9. The third-order valence-electron chi connectivity index (χ3n) is 20.9. The first-order valence-corrected chi connectivity index (χ1v) is 30.1. The molecule has 0 aromatic heterocycles. The van der Waals surface area contributed by atoms with Crippen molar-refractivity contribution >= 4 is 11.9 Å². The molecule has 2 aromatic carbocycles. The molecule has 10 rings (SSSR count). The molecule has 0 bridgehead atoms. The molecule has 0 spiro atoms. The number of esters is 2. The molecule has 8 aliphatic rings. The Bertz CT molecular complexity index is 2600. The van der Waals surface area contributed by atoms with E-state index in [4.69, 9.17) is 66.3 Å². The van der Waals surface area contributed by atoms with Gasteiger partial charge in [-0.05, 0) is 109 Å². The fourth-order valence-corrected chi connectivity index (χ4v) is 15.9. The molecule has 21 nitrogen and oxygen atoms in total. The van der Waals surface area contributed by atoms with Crippen molar-refractivity contribution in [1.82, 2.24) is 0 Å². The number of benzene rings is 2. The summed E-state index contributed by atoms with van der Waals surface area (Å²) >= 11 is 0. The molecule has 3 saturated carbocycles. The van der Waals surface area contributed by atoms with Crippen molar-refractivity contribution in [3.8, 4) is 0 Å². The van der Waals surface area contributed by atoms with Crippen LogP contribution in [0.3, 0.4) is 0 Å². The van der Waals surface area contributed by atoms with Crippen LogP contribution in [-0.2, 0) is 66.3 Å². The highest BCUT2D eigenvalue weighted by atomic mass is 16.8. The van der Waals surface area contributed by atoms with E-state index < -0.39 is 162 Å². The third kappa shape index (κ3) is 11.3. The predicted octanol–water partition coefficient (Wildman–Crippen LogP) is 5.46. The Kier molecular flexibility index (Phi) is 19.0. The Hall–Kier alpha value is -3.56. The first kappa shape index (κ1) is 63.5. The van der Waals surface area contributed by atoms with Gasteiger partial charge in [-0.1, -0.05) is 61.9 Å². The summed E-state index contributed by atoms with van der Waals surface area (Å²) < 4.78 is 87.5. The van der Waals surface area contributed by atoms with Crippen molar-refractivity contribution in [3.63, 3.8) is 0 Å². The smallest absolute Gasteiger partial charge is 0.338 e. The van der Waals surface area contributed by atoms with Crippen molar-refractivity contribution in [2.45, 2.75) is 252 Å². The summed E-state index contributed by atoms with van der Waals surface area (Å²) in [5, 5.41) is 61.2. The maximum atomic E-state index is 14.1. The van der Waals surface area contributed by atoms with Crippen LogP contribution in [0.15, 0.2) is 72.3 Å². The SMILES string of the molecule is CO[C@H]1[C@@H](O)[C@H](O[C@@H]2[C@@H](C)O[C@@H](O[C@H]3[C@@H](OC)C[C@H](O[C@H]4[C@@H](OC)C[C@H](O[C@H]5CC[C@@]6(C)C(=CC[C@]7(O)[C@@H]6C[C@@H](OC(=O)c6ccccc6)[C@@]6(C)[C@]7(O)CC[C@]6(O)C(C)OC(=O)c6ccccc6)C5)O[C@@H]4C)O[C@@H]3C)C[C@H]2OC)O[C@H](C)[C@H]1O. The average molecular weight is 1180 g/mol. The first-order valence-electron chi connectivity index (χ1n) is 30.1. The van der Waals surface area contributed by atoms with Crippen molar-refractivity contribution in [2.24, 2.45) is 16.7 Å². The van der Waals surface area contributed by atoms with Crippen LogP contribution in [0.4, 0.5) is 0 Å². The van der Waals surface area contributed by atoms with E-state index in [0.717, 1.165) is 5.57 Å². The van der Waals surface area contributed by atoms with Crippen molar-refractivity contribution < 1.29 is 101 Å². The normalized spacial score (nSPS) is 46.2. The molecule has 4 saturated heterocycles. The van der Waals surface area contributed by atoms with E-state index in [-0.39, 0.29) is 31.8 Å². The Balaban J connectivity index is 0.773. The lowest BCUT2D eigenvalue weighted by atomic mass is 9.42. The number of hydrogen-bond donors (Lipinski definition) is 5. The molecular weight excluding hydrogens is 1090 g/mol. The van der Waals surface area contributed by atoms with Gasteiger partial charge < -0.3 is 91.8 Å². The second kappa shape index (κ2) is 25.1. The lowest BCUT2D eigenvalue weighted by Gasteiger charge is -2.67. The Morgan fingerprint density at radius 1 is 0.595 bits per heavy atom. The van der Waals surface area contributed by atoms with E-state index in [1.807, 2.05) is 26.8 Å². The molecule has 84 heavy (non-hydrogen) atoms. The molecule has 7 fully saturated rings. The Morgan fingerprint density at radius 3 is 1.63 bits per heavy atom. The summed E-state index contributed by atoms with van der Waals surface area (Å²) in [5.74, 6) is -1.89. The van der Waals surface area contributed by atoms with E-state index in [0.29, 0.717) is 49.7 Å². The zero-order valence-corrected chi connectivity index (χ0v) is 50.3. The van der Waals surface area contributed by atoms with Crippen LogP contribution in [0.25, 0.3) is 0 Å². The van der Waals surface area contributed by atoms with Gasteiger partial charge in [0.25, 0.3) is 0 Å². The lowest BCUT2D eigenvalue weighted by Crippen LogP contribution is -2.78. The monoisotopic (exact) mass is 1180 g/mol. The molecule has 0 amide bonds. The number of rotatable bonds is 17. The highest BCUT2D eigenvalue weighted by Crippen LogP contribution is 2.71. The van der Waals surface area contributed by atoms with E-state index in [2.05, 4.69) is 6.92 Å². The van der Waals surface area contributed by atoms with Gasteiger partial charge in [0.1, 0.15) is 65.6 Å². The van der Waals surface area contributed by atoms with E-state index in [1.54, 1.807) is 103 Å². The molecule has 21 heteroatoms. The van der Waals surface area contributed by atoms with Crippen LogP contribution in [0.2, 0.25) is 0 Å². The summed E-state index contributed by atoms with van der Waals surface area (Å²) in [4.78, 5) is 27.6. The molecular formula is C63H90O21. The minimum Gasteiger partial charge on any atom is -0.458 e. The highest BCUT2D eigenvalue weighted by molar-refractivity contribution is 5.90. The minimum atomic E-state index is -2.00. The number of aliphatic hydroxyl groups excluding tert-OH is 2. The number of hydrogen-bond acceptors (Lipinski definition) is 21. The molecule has 5 N–H and O–H groups in total. The standard InChI is InChI=1S/C63H90O21/c1-33-50(64)55(74-11)51(65)58(78-33)84-54-36(4)77-49(31-44(54)73-10)83-53-35(3)76-48(30-43(53)72-9)82-52-34(2)75-47(29-42(52)71-8)80-41-23-24-59(6)40(28-41)22-25-62(69)45(59)32-46(81-57(67)39-20-16-13-17-21-39)60(7)61(68,26-27-63(60,62)70)37(5)79-56(66)38-18-14-12-15-19-38/h12-22,33-37,41-55,58,64-65,68-70H,23-32H2,1-11H3/t33-,34-,35-,36-,37?,41+,42+,43+,44-,45-,46-,47+,48+,49+,50-,51-,52-,53-,54-,55-,58+,59+,60-,61+,62+,63-/m1/s1. The van der Waals surface area contributed by atoms with Gasteiger partial charge in [-0.3, -0.25) is 0 Å². The third-order valence-corrected chi connectivity index (χ3v) is 20.9. The van der Waals surface area contributed by atoms with Crippen LogP contribution >= 0.6 is 0 Å². The van der Waals surface area contributed by atoms with E-state index in [1.165, 1.54) is 7.11 Å². The van der Waals surface area contributed by atoms with Crippen LogP contribution < -0.4 is 0 Å². The van der Waals surface area contributed by atoms with E-state index in [9.17, 15) is 35.1 Å². The number of fused-ring (bicyclic) bond motifs is 5.